The molecule has 0 radical (unpaired) electrons. The molecular formula is C12H16Cl2N4O. The van der Waals surface area contributed by atoms with Crippen LogP contribution in [0.5, 0.6) is 5.75 Å². The van der Waals surface area contributed by atoms with Crippen LogP contribution in [0.4, 0.5) is 0 Å². The summed E-state index contributed by atoms with van der Waals surface area (Å²) in [6.07, 6.45) is 5.17. The molecule has 1 fully saturated rings. The van der Waals surface area contributed by atoms with Gasteiger partial charge in [0.1, 0.15) is 17.6 Å². The number of hydrogen-bond acceptors (Lipinski definition) is 5. The van der Waals surface area contributed by atoms with Gasteiger partial charge < -0.3 is 10.4 Å². The highest BCUT2D eigenvalue weighted by Crippen LogP contribution is 2.28. The van der Waals surface area contributed by atoms with Crippen molar-refractivity contribution in [3.05, 3.63) is 24.3 Å². The van der Waals surface area contributed by atoms with Gasteiger partial charge in [-0.25, -0.2) is 15.0 Å². The summed E-state index contributed by atoms with van der Waals surface area (Å²) in [5, 5.41) is 12.7. The Bertz CT molecular complexity index is 546. The average molecular weight is 303 g/mol. The molecule has 104 valence electrons. The van der Waals surface area contributed by atoms with Crippen molar-refractivity contribution in [3.8, 4) is 5.75 Å². The second kappa shape index (κ2) is 6.84. The number of aromatic nitrogens is 3. The van der Waals surface area contributed by atoms with Gasteiger partial charge in [-0.1, -0.05) is 0 Å². The van der Waals surface area contributed by atoms with Gasteiger partial charge in [0.05, 0.1) is 17.4 Å². The number of halogens is 2. The van der Waals surface area contributed by atoms with Crippen LogP contribution in [0.25, 0.3) is 11.0 Å². The van der Waals surface area contributed by atoms with E-state index < -0.39 is 0 Å². The normalized spacial score (nSPS) is 15.6. The van der Waals surface area contributed by atoms with Crippen molar-refractivity contribution in [1.29, 1.82) is 0 Å². The summed E-state index contributed by atoms with van der Waals surface area (Å²) in [6.45, 7) is 2.04. The standard InChI is InChI=1S/C12H14N4O.2ClH/c17-9-5-10-12(14-6-9)11(16-7-15-10)8-1-3-13-4-2-8;;/h5-8,13,17H,1-4H2;2*1H. The topological polar surface area (TPSA) is 70.9 Å². The van der Waals surface area contributed by atoms with Crippen molar-refractivity contribution < 1.29 is 5.11 Å². The van der Waals surface area contributed by atoms with Gasteiger partial charge in [0.25, 0.3) is 0 Å². The second-order valence-corrected chi connectivity index (χ2v) is 4.34. The largest absolute Gasteiger partial charge is 0.506 e. The predicted molar refractivity (Wildman–Crippen MR) is 78.3 cm³/mol. The SMILES string of the molecule is Cl.Cl.Oc1cnc2c(C3CCNCC3)ncnc2c1. The lowest BCUT2D eigenvalue weighted by molar-refractivity contribution is 0.454. The van der Waals surface area contributed by atoms with Gasteiger partial charge in [-0.15, -0.1) is 24.8 Å². The summed E-state index contributed by atoms with van der Waals surface area (Å²) in [5.41, 5.74) is 2.54. The van der Waals surface area contributed by atoms with Crippen molar-refractivity contribution in [2.45, 2.75) is 18.8 Å². The monoisotopic (exact) mass is 302 g/mol. The van der Waals surface area contributed by atoms with Crippen molar-refractivity contribution in [2.24, 2.45) is 0 Å². The van der Waals surface area contributed by atoms with Gasteiger partial charge in [-0.3, -0.25) is 0 Å². The van der Waals surface area contributed by atoms with Gasteiger partial charge in [0.2, 0.25) is 0 Å². The molecule has 0 saturated carbocycles. The van der Waals surface area contributed by atoms with Crippen molar-refractivity contribution in [1.82, 2.24) is 20.3 Å². The minimum atomic E-state index is 0. The Hall–Kier alpha value is -1.17. The predicted octanol–water partition coefficient (Wildman–Crippen LogP) is 2.04. The first-order chi connectivity index (χ1) is 8.34. The minimum Gasteiger partial charge on any atom is -0.506 e. The van der Waals surface area contributed by atoms with E-state index in [1.54, 1.807) is 12.4 Å². The quantitative estimate of drug-likeness (QED) is 0.843. The van der Waals surface area contributed by atoms with Crippen molar-refractivity contribution >= 4 is 35.8 Å². The molecular weight excluding hydrogens is 287 g/mol. The molecule has 0 aliphatic carbocycles. The molecule has 19 heavy (non-hydrogen) atoms. The number of fused-ring (bicyclic) bond motifs is 1. The summed E-state index contributed by atoms with van der Waals surface area (Å²) in [5.74, 6) is 0.589. The van der Waals surface area contributed by atoms with E-state index in [0.29, 0.717) is 11.4 Å². The lowest BCUT2D eigenvalue weighted by atomic mass is 9.93. The third kappa shape index (κ3) is 3.23. The van der Waals surface area contributed by atoms with Crippen LogP contribution in [-0.2, 0) is 0 Å². The van der Waals surface area contributed by atoms with Crippen LogP contribution >= 0.6 is 24.8 Å². The molecule has 1 aliphatic rings. The maximum atomic E-state index is 9.40. The summed E-state index contributed by atoms with van der Waals surface area (Å²) in [4.78, 5) is 12.8. The Morgan fingerprint density at radius 1 is 1.11 bits per heavy atom. The first-order valence-corrected chi connectivity index (χ1v) is 5.85. The summed E-state index contributed by atoms with van der Waals surface area (Å²) in [6, 6.07) is 1.63. The molecule has 0 unspecified atom stereocenters. The zero-order valence-electron chi connectivity index (χ0n) is 10.2. The van der Waals surface area contributed by atoms with E-state index in [-0.39, 0.29) is 30.6 Å². The maximum Gasteiger partial charge on any atom is 0.136 e. The van der Waals surface area contributed by atoms with Gasteiger partial charge >= 0.3 is 0 Å². The number of rotatable bonds is 1. The highest BCUT2D eigenvalue weighted by atomic mass is 35.5. The maximum absolute atomic E-state index is 9.40. The van der Waals surface area contributed by atoms with Crippen LogP contribution in [0.1, 0.15) is 24.5 Å². The molecule has 0 bridgehead atoms. The van der Waals surface area contributed by atoms with E-state index in [9.17, 15) is 5.11 Å². The third-order valence-electron chi connectivity index (χ3n) is 3.22. The van der Waals surface area contributed by atoms with Crippen LogP contribution < -0.4 is 5.32 Å². The fraction of sp³-hybridized carbons (Fsp3) is 0.417. The van der Waals surface area contributed by atoms with E-state index in [4.69, 9.17) is 0 Å². The van der Waals surface area contributed by atoms with Gasteiger partial charge in [-0.05, 0) is 25.9 Å². The molecule has 2 aromatic rings. The molecule has 7 heteroatoms. The minimum absolute atomic E-state index is 0. The second-order valence-electron chi connectivity index (χ2n) is 4.34. The lowest BCUT2D eigenvalue weighted by Gasteiger charge is -2.22. The lowest BCUT2D eigenvalue weighted by Crippen LogP contribution is -2.27. The Morgan fingerprint density at radius 3 is 2.58 bits per heavy atom. The smallest absolute Gasteiger partial charge is 0.136 e. The molecule has 3 rings (SSSR count). The molecule has 3 heterocycles. The zero-order valence-corrected chi connectivity index (χ0v) is 11.9. The average Bonchev–Trinajstić information content (AvgIpc) is 2.39. The highest BCUT2D eigenvalue weighted by molar-refractivity contribution is 5.85. The Kier molecular flexibility index (Phi) is 5.72. The van der Waals surface area contributed by atoms with Gasteiger partial charge in [0, 0.05) is 12.0 Å². The number of hydrogen-bond donors (Lipinski definition) is 2. The van der Waals surface area contributed by atoms with Crippen LogP contribution in [0.2, 0.25) is 0 Å². The van der Waals surface area contributed by atoms with E-state index in [1.807, 2.05) is 0 Å². The van der Waals surface area contributed by atoms with E-state index in [2.05, 4.69) is 20.3 Å². The van der Waals surface area contributed by atoms with Crippen LogP contribution in [0.3, 0.4) is 0 Å². The van der Waals surface area contributed by atoms with E-state index >= 15 is 0 Å². The number of nitrogens with one attached hydrogen (secondary N) is 1. The molecule has 1 saturated heterocycles. The molecule has 5 nitrogen and oxygen atoms in total. The van der Waals surface area contributed by atoms with E-state index in [0.717, 1.165) is 37.1 Å². The number of pyridine rings is 1. The van der Waals surface area contributed by atoms with Gasteiger partial charge in [0.15, 0.2) is 0 Å². The molecule has 0 spiro atoms. The number of nitrogens with zero attached hydrogens (tertiary/aromatic N) is 3. The highest BCUT2D eigenvalue weighted by Gasteiger charge is 2.19. The molecule has 0 atom stereocenters. The number of aromatic hydroxyl groups is 1. The fourth-order valence-corrected chi connectivity index (χ4v) is 2.35. The van der Waals surface area contributed by atoms with Crippen LogP contribution in [-0.4, -0.2) is 33.1 Å². The Labute approximate surface area is 123 Å². The van der Waals surface area contributed by atoms with Crippen molar-refractivity contribution in [3.63, 3.8) is 0 Å². The first-order valence-electron chi connectivity index (χ1n) is 5.85. The molecule has 0 amide bonds. The van der Waals surface area contributed by atoms with Crippen LogP contribution in [0, 0.1) is 0 Å². The summed E-state index contributed by atoms with van der Waals surface area (Å²) >= 11 is 0. The van der Waals surface area contributed by atoms with Gasteiger partial charge in [-0.2, -0.15) is 0 Å². The van der Waals surface area contributed by atoms with Crippen molar-refractivity contribution in [2.75, 3.05) is 13.1 Å². The summed E-state index contributed by atoms with van der Waals surface area (Å²) in [7, 11) is 0. The Morgan fingerprint density at radius 2 is 1.84 bits per heavy atom. The van der Waals surface area contributed by atoms with Crippen LogP contribution in [0.15, 0.2) is 18.6 Å². The molecule has 0 aromatic carbocycles. The Balaban J connectivity index is 0.000000902. The fourth-order valence-electron chi connectivity index (χ4n) is 2.35. The third-order valence-corrected chi connectivity index (χ3v) is 3.22. The zero-order chi connectivity index (χ0) is 11.7. The van der Waals surface area contributed by atoms with E-state index in [1.165, 1.54) is 6.20 Å². The first kappa shape index (κ1) is 15.9. The number of piperidine rings is 1. The molecule has 2 aromatic heterocycles. The molecule has 2 N–H and O–H groups in total. The molecule has 1 aliphatic heterocycles. The summed E-state index contributed by atoms with van der Waals surface area (Å²) < 4.78 is 0.